The molecule has 1 saturated carbocycles. The van der Waals surface area contributed by atoms with Crippen LogP contribution in [0, 0.1) is 11.3 Å². The summed E-state index contributed by atoms with van der Waals surface area (Å²) in [6.07, 6.45) is 4.00. The molecule has 0 spiro atoms. The van der Waals surface area contributed by atoms with Gasteiger partial charge in [-0.05, 0) is 43.9 Å². The van der Waals surface area contributed by atoms with Crippen molar-refractivity contribution in [3.63, 3.8) is 0 Å². The molecular weight excluding hydrogens is 390 g/mol. The van der Waals surface area contributed by atoms with E-state index in [1.165, 1.54) is 0 Å². The van der Waals surface area contributed by atoms with Crippen molar-refractivity contribution in [3.05, 3.63) is 30.5 Å². The van der Waals surface area contributed by atoms with Gasteiger partial charge in [-0.3, -0.25) is 0 Å². The summed E-state index contributed by atoms with van der Waals surface area (Å²) in [4.78, 5) is 10.0. The highest BCUT2D eigenvalue weighted by molar-refractivity contribution is 7.89. The molecule has 0 amide bonds. The second kappa shape index (κ2) is 6.42. The number of fused-ring (bicyclic) bond motifs is 3. The Hall–Kier alpha value is -2.67. The molecular formula is C20H21N5O3S. The van der Waals surface area contributed by atoms with E-state index in [0.717, 1.165) is 42.4 Å². The minimum Gasteiger partial charge on any atom is -0.393 e. The van der Waals surface area contributed by atoms with Crippen molar-refractivity contribution in [3.8, 4) is 6.07 Å². The Balaban J connectivity index is 1.57. The first-order valence-corrected chi connectivity index (χ1v) is 11.2. The highest BCUT2D eigenvalue weighted by Gasteiger charge is 2.46. The van der Waals surface area contributed by atoms with Crippen LogP contribution < -0.4 is 9.62 Å². The number of sulfonamides is 1. The van der Waals surface area contributed by atoms with Crippen molar-refractivity contribution in [2.75, 3.05) is 18.0 Å². The fourth-order valence-corrected chi connectivity index (χ4v) is 5.40. The Kier molecular flexibility index (Phi) is 4.07. The maximum absolute atomic E-state index is 12.7. The Morgan fingerprint density at radius 3 is 2.72 bits per heavy atom. The normalized spacial score (nSPS) is 19.5. The molecule has 0 unspecified atom stereocenters. The lowest BCUT2D eigenvalue weighted by atomic mass is 10.1. The number of nitrogens with zero attached hydrogens (tertiary/aromatic N) is 3. The number of anilines is 1. The summed E-state index contributed by atoms with van der Waals surface area (Å²) in [5, 5.41) is 20.8. The lowest BCUT2D eigenvalue weighted by molar-refractivity contribution is 0.145. The van der Waals surface area contributed by atoms with E-state index >= 15 is 0 Å². The third-order valence-electron chi connectivity index (χ3n) is 5.85. The zero-order chi connectivity index (χ0) is 20.2. The number of piperidine rings is 1. The molecule has 0 atom stereocenters. The molecule has 9 heteroatoms. The number of rotatable bonds is 4. The molecule has 1 aliphatic heterocycles. The Bertz CT molecular complexity index is 1250. The molecule has 3 aromatic rings. The molecule has 3 heterocycles. The van der Waals surface area contributed by atoms with E-state index in [9.17, 15) is 18.8 Å². The number of aliphatic hydroxyl groups excluding tert-OH is 1. The third-order valence-corrected chi connectivity index (χ3v) is 7.39. The topological polar surface area (TPSA) is 122 Å². The molecule has 1 aromatic carbocycles. The largest absolute Gasteiger partial charge is 0.393 e. The number of hydrogen-bond acceptors (Lipinski definition) is 6. The number of nitrogens with one attached hydrogen (secondary N) is 2. The van der Waals surface area contributed by atoms with Crippen molar-refractivity contribution in [2.24, 2.45) is 0 Å². The second-order valence-corrected chi connectivity index (χ2v) is 9.59. The number of nitriles is 1. The Morgan fingerprint density at radius 2 is 2.03 bits per heavy atom. The minimum absolute atomic E-state index is 0.126. The number of H-pyrrole nitrogens is 1. The number of aromatic nitrogens is 2. The van der Waals surface area contributed by atoms with Gasteiger partial charge in [0.15, 0.2) is 0 Å². The van der Waals surface area contributed by atoms with Crippen LogP contribution in [-0.2, 0) is 10.0 Å². The standard InChI is InChI=1S/C20H21N5O3S/c21-12-20(6-7-20)24-29(27,28)14-1-2-15-16(11-14)23-19-18(15)17(3-8-22-19)25-9-4-13(26)5-10-25/h1-3,8,11,13,24,26H,4-7,9-10H2,(H,22,23). The monoisotopic (exact) mass is 411 g/mol. The first-order chi connectivity index (χ1) is 13.9. The smallest absolute Gasteiger partial charge is 0.242 e. The van der Waals surface area contributed by atoms with E-state index in [-0.39, 0.29) is 11.0 Å². The minimum atomic E-state index is -3.78. The number of pyridine rings is 1. The maximum atomic E-state index is 12.7. The van der Waals surface area contributed by atoms with E-state index in [1.54, 1.807) is 24.4 Å². The molecule has 150 valence electrons. The fraction of sp³-hybridized carbons (Fsp3) is 0.400. The summed E-state index contributed by atoms with van der Waals surface area (Å²) in [5.41, 5.74) is 1.45. The predicted octanol–water partition coefficient (Wildman–Crippen LogP) is 2.01. The van der Waals surface area contributed by atoms with Gasteiger partial charge in [-0.25, -0.2) is 13.4 Å². The van der Waals surface area contributed by atoms with Crippen LogP contribution in [0.25, 0.3) is 21.9 Å². The van der Waals surface area contributed by atoms with Crippen molar-refractivity contribution >= 4 is 37.6 Å². The lowest BCUT2D eigenvalue weighted by Gasteiger charge is -2.31. The summed E-state index contributed by atoms with van der Waals surface area (Å²) < 4.78 is 28.0. The van der Waals surface area contributed by atoms with Gasteiger partial charge < -0.3 is 15.0 Å². The van der Waals surface area contributed by atoms with E-state index in [2.05, 4.69) is 25.7 Å². The zero-order valence-corrected chi connectivity index (χ0v) is 16.5. The fourth-order valence-electron chi connectivity index (χ4n) is 4.00. The molecule has 2 aromatic heterocycles. The first-order valence-electron chi connectivity index (χ1n) is 9.69. The average molecular weight is 411 g/mol. The van der Waals surface area contributed by atoms with Crippen LogP contribution >= 0.6 is 0 Å². The van der Waals surface area contributed by atoms with Gasteiger partial charge in [0, 0.05) is 41.3 Å². The summed E-state index contributed by atoms with van der Waals surface area (Å²) in [5.74, 6) is 0. The molecule has 3 N–H and O–H groups in total. The highest BCUT2D eigenvalue weighted by Crippen LogP contribution is 2.37. The lowest BCUT2D eigenvalue weighted by Crippen LogP contribution is -2.35. The van der Waals surface area contributed by atoms with Crippen LogP contribution in [0.4, 0.5) is 5.69 Å². The predicted molar refractivity (Wildman–Crippen MR) is 109 cm³/mol. The molecule has 1 aliphatic carbocycles. The average Bonchev–Trinajstić information content (AvgIpc) is 3.37. The van der Waals surface area contributed by atoms with Gasteiger partial charge in [0.2, 0.25) is 10.0 Å². The molecule has 0 bridgehead atoms. The van der Waals surface area contributed by atoms with Gasteiger partial charge in [-0.15, -0.1) is 0 Å². The van der Waals surface area contributed by atoms with E-state index in [0.29, 0.717) is 24.0 Å². The number of hydrogen-bond donors (Lipinski definition) is 3. The summed E-state index contributed by atoms with van der Waals surface area (Å²) >= 11 is 0. The van der Waals surface area contributed by atoms with E-state index < -0.39 is 15.6 Å². The van der Waals surface area contributed by atoms with E-state index in [4.69, 9.17) is 0 Å². The van der Waals surface area contributed by atoms with E-state index in [1.807, 2.05) is 6.07 Å². The van der Waals surface area contributed by atoms with Crippen LogP contribution in [-0.4, -0.2) is 48.2 Å². The van der Waals surface area contributed by atoms with Crippen LogP contribution in [0.3, 0.4) is 0 Å². The maximum Gasteiger partial charge on any atom is 0.242 e. The van der Waals surface area contributed by atoms with Gasteiger partial charge >= 0.3 is 0 Å². The Morgan fingerprint density at radius 1 is 1.28 bits per heavy atom. The van der Waals surface area contributed by atoms with Crippen molar-refractivity contribution in [1.29, 1.82) is 5.26 Å². The van der Waals surface area contributed by atoms with Crippen LogP contribution in [0.15, 0.2) is 35.4 Å². The summed E-state index contributed by atoms with van der Waals surface area (Å²) in [6.45, 7) is 1.53. The van der Waals surface area contributed by atoms with Crippen LogP contribution in [0.2, 0.25) is 0 Å². The summed E-state index contributed by atoms with van der Waals surface area (Å²) in [6, 6.07) is 8.97. The second-order valence-electron chi connectivity index (χ2n) is 7.90. The number of benzene rings is 1. The molecule has 29 heavy (non-hydrogen) atoms. The third kappa shape index (κ3) is 3.13. The van der Waals surface area contributed by atoms with Crippen molar-refractivity contribution in [1.82, 2.24) is 14.7 Å². The Labute approximate surface area is 168 Å². The molecule has 1 saturated heterocycles. The quantitative estimate of drug-likeness (QED) is 0.604. The van der Waals surface area contributed by atoms with Gasteiger partial charge in [-0.2, -0.15) is 9.98 Å². The molecule has 5 rings (SSSR count). The number of aromatic amines is 1. The molecule has 2 fully saturated rings. The van der Waals surface area contributed by atoms with Crippen molar-refractivity contribution in [2.45, 2.75) is 42.2 Å². The molecule has 2 aliphatic rings. The number of aliphatic hydroxyl groups is 1. The van der Waals surface area contributed by atoms with Gasteiger partial charge in [-0.1, -0.05) is 6.07 Å². The zero-order valence-electron chi connectivity index (χ0n) is 15.7. The summed E-state index contributed by atoms with van der Waals surface area (Å²) in [7, 11) is -3.78. The van der Waals surface area contributed by atoms with Crippen LogP contribution in [0.1, 0.15) is 25.7 Å². The van der Waals surface area contributed by atoms with Crippen molar-refractivity contribution < 1.29 is 13.5 Å². The first kappa shape index (κ1) is 18.4. The van der Waals surface area contributed by atoms with Crippen LogP contribution in [0.5, 0.6) is 0 Å². The SMILES string of the molecule is N#CC1(NS(=O)(=O)c2ccc3c(c2)[nH]c2nccc(N4CCC(O)CC4)c23)CC1. The molecule has 8 nitrogen and oxygen atoms in total. The van der Waals surface area contributed by atoms with Gasteiger partial charge in [0.1, 0.15) is 11.2 Å². The highest BCUT2D eigenvalue weighted by atomic mass is 32.2. The molecule has 0 radical (unpaired) electrons. The van der Waals surface area contributed by atoms with Gasteiger partial charge in [0.25, 0.3) is 0 Å². The van der Waals surface area contributed by atoms with Gasteiger partial charge in [0.05, 0.1) is 17.1 Å².